The lowest BCUT2D eigenvalue weighted by molar-refractivity contribution is 0.469. The molecule has 1 N–H and O–H groups in total. The highest BCUT2D eigenvalue weighted by molar-refractivity contribution is 5.34. The van der Waals surface area contributed by atoms with E-state index in [-0.39, 0.29) is 5.75 Å². The maximum atomic E-state index is 9.73. The summed E-state index contributed by atoms with van der Waals surface area (Å²) in [6.07, 6.45) is 5.71. The largest absolute Gasteiger partial charge is 0.508 e. The molecule has 0 bridgehead atoms. The minimum absolute atomic E-state index is 0.288. The van der Waals surface area contributed by atoms with Gasteiger partial charge in [-0.25, -0.2) is 9.79 Å². The van der Waals surface area contributed by atoms with Crippen LogP contribution in [0, 0.1) is 0 Å². The minimum atomic E-state index is 0.288. The van der Waals surface area contributed by atoms with Gasteiger partial charge >= 0.3 is 0 Å². The average molecular weight is 189 g/mol. The molecule has 1 rings (SSSR count). The lowest BCUT2D eigenvalue weighted by Crippen LogP contribution is -1.81. The number of phenols is 1. The van der Waals surface area contributed by atoms with Crippen molar-refractivity contribution < 1.29 is 9.90 Å². The van der Waals surface area contributed by atoms with Gasteiger partial charge in [-0.15, -0.1) is 0 Å². The van der Waals surface area contributed by atoms with Gasteiger partial charge in [0.05, 0.1) is 6.54 Å². The van der Waals surface area contributed by atoms with Crippen LogP contribution in [0.5, 0.6) is 5.75 Å². The Morgan fingerprint density at radius 3 is 2.86 bits per heavy atom. The number of hydrogen-bond acceptors (Lipinski definition) is 3. The summed E-state index contributed by atoms with van der Waals surface area (Å²) in [6.45, 7) is 0.344. The standard InChI is InChI=1S/C11H11NO2/c13-9-12-8-4-3-6-10-5-1-2-7-11(10)14/h1-5,7,14H,6,8H2/b4-3-. The van der Waals surface area contributed by atoms with Crippen LogP contribution in [0.15, 0.2) is 41.4 Å². The summed E-state index contributed by atoms with van der Waals surface area (Å²) in [5, 5.41) is 9.39. The molecule has 0 atom stereocenters. The molecule has 0 unspecified atom stereocenters. The van der Waals surface area contributed by atoms with E-state index in [4.69, 9.17) is 0 Å². The van der Waals surface area contributed by atoms with Crippen molar-refractivity contribution in [3.8, 4) is 5.75 Å². The Bertz CT molecular complexity index is 365. The summed E-state index contributed by atoms with van der Waals surface area (Å²) in [4.78, 5) is 13.1. The second-order valence-corrected chi connectivity index (χ2v) is 2.74. The van der Waals surface area contributed by atoms with Crippen molar-refractivity contribution in [1.29, 1.82) is 0 Å². The van der Waals surface area contributed by atoms with Crippen LogP contribution >= 0.6 is 0 Å². The van der Waals surface area contributed by atoms with Crippen molar-refractivity contribution in [2.45, 2.75) is 6.42 Å². The molecule has 0 aliphatic rings. The number of nitrogens with zero attached hydrogens (tertiary/aromatic N) is 1. The van der Waals surface area contributed by atoms with Crippen molar-refractivity contribution in [3.63, 3.8) is 0 Å². The van der Waals surface area contributed by atoms with E-state index >= 15 is 0 Å². The van der Waals surface area contributed by atoms with Gasteiger partial charge in [0.15, 0.2) is 0 Å². The van der Waals surface area contributed by atoms with Crippen molar-refractivity contribution in [1.82, 2.24) is 0 Å². The van der Waals surface area contributed by atoms with Gasteiger partial charge in [0.25, 0.3) is 0 Å². The first-order valence-electron chi connectivity index (χ1n) is 4.30. The number of benzene rings is 1. The van der Waals surface area contributed by atoms with Gasteiger partial charge in [0.1, 0.15) is 5.75 Å². The molecule has 0 spiro atoms. The molecular formula is C11H11NO2. The third kappa shape index (κ3) is 3.25. The minimum Gasteiger partial charge on any atom is -0.508 e. The molecule has 0 saturated carbocycles. The highest BCUT2D eigenvalue weighted by Gasteiger charge is 1.94. The summed E-state index contributed by atoms with van der Waals surface area (Å²) in [7, 11) is 0. The zero-order chi connectivity index (χ0) is 10.2. The molecule has 14 heavy (non-hydrogen) atoms. The maximum absolute atomic E-state index is 9.73. The van der Waals surface area contributed by atoms with Gasteiger partial charge in [-0.3, -0.25) is 0 Å². The first-order valence-corrected chi connectivity index (χ1v) is 4.30. The van der Waals surface area contributed by atoms with Crippen molar-refractivity contribution in [3.05, 3.63) is 42.0 Å². The molecule has 0 amide bonds. The quantitative estimate of drug-likeness (QED) is 0.446. The monoisotopic (exact) mass is 189 g/mol. The van der Waals surface area contributed by atoms with Crippen molar-refractivity contribution in [2.75, 3.05) is 6.54 Å². The number of rotatable bonds is 4. The predicted molar refractivity (Wildman–Crippen MR) is 53.9 cm³/mol. The summed E-state index contributed by atoms with van der Waals surface area (Å²) >= 11 is 0. The number of allylic oxidation sites excluding steroid dienone is 1. The first kappa shape index (κ1) is 10.2. The van der Waals surface area contributed by atoms with Crippen LogP contribution in [0.25, 0.3) is 0 Å². The van der Waals surface area contributed by atoms with E-state index in [1.165, 1.54) is 6.08 Å². The molecule has 0 aliphatic carbocycles. The molecule has 0 fully saturated rings. The Labute approximate surface area is 82.4 Å². The van der Waals surface area contributed by atoms with Gasteiger partial charge in [0.2, 0.25) is 6.08 Å². The fourth-order valence-corrected chi connectivity index (χ4v) is 1.06. The van der Waals surface area contributed by atoms with Gasteiger partial charge in [-0.2, -0.15) is 0 Å². The first-order chi connectivity index (χ1) is 6.84. The molecule has 3 nitrogen and oxygen atoms in total. The summed E-state index contributed by atoms with van der Waals surface area (Å²) in [5.41, 5.74) is 0.860. The number of hydrogen-bond donors (Lipinski definition) is 1. The number of aromatic hydroxyl groups is 1. The molecule has 0 radical (unpaired) electrons. The van der Waals surface area contributed by atoms with Gasteiger partial charge in [-0.1, -0.05) is 30.4 Å². The number of carbonyl (C=O) groups excluding carboxylic acids is 1. The van der Waals surface area contributed by atoms with E-state index in [0.29, 0.717) is 13.0 Å². The zero-order valence-electron chi connectivity index (χ0n) is 7.68. The summed E-state index contributed by atoms with van der Waals surface area (Å²) in [6, 6.07) is 7.14. The van der Waals surface area contributed by atoms with E-state index in [0.717, 1.165) is 5.56 Å². The number of para-hydroxylation sites is 1. The highest BCUT2D eigenvalue weighted by atomic mass is 16.3. The topological polar surface area (TPSA) is 49.7 Å². The predicted octanol–water partition coefficient (Wildman–Crippen LogP) is 1.83. The normalized spacial score (nSPS) is 10.0. The Kier molecular flexibility index (Phi) is 4.18. The second kappa shape index (κ2) is 5.73. The van der Waals surface area contributed by atoms with Crippen molar-refractivity contribution in [2.24, 2.45) is 4.99 Å². The SMILES string of the molecule is O=C=NC/C=C\Cc1ccccc1O. The number of phenolic OH excluding ortho intramolecular Hbond substituents is 1. The van der Waals surface area contributed by atoms with Crippen LogP contribution in [-0.4, -0.2) is 17.7 Å². The average Bonchev–Trinajstić information content (AvgIpc) is 2.20. The lowest BCUT2D eigenvalue weighted by Gasteiger charge is -1.98. The molecule has 72 valence electrons. The van der Waals surface area contributed by atoms with Gasteiger partial charge in [0, 0.05) is 0 Å². The van der Waals surface area contributed by atoms with Crippen LogP contribution in [0.3, 0.4) is 0 Å². The summed E-state index contributed by atoms with van der Waals surface area (Å²) in [5.74, 6) is 0.288. The molecule has 1 aromatic rings. The fraction of sp³-hybridized carbons (Fsp3) is 0.182. The van der Waals surface area contributed by atoms with Crippen LogP contribution in [0.2, 0.25) is 0 Å². The second-order valence-electron chi connectivity index (χ2n) is 2.74. The maximum Gasteiger partial charge on any atom is 0.235 e. The molecule has 0 saturated heterocycles. The van der Waals surface area contributed by atoms with Gasteiger partial charge < -0.3 is 5.11 Å². The number of isocyanates is 1. The van der Waals surface area contributed by atoms with E-state index in [2.05, 4.69) is 4.99 Å². The van der Waals surface area contributed by atoms with E-state index < -0.39 is 0 Å². The Morgan fingerprint density at radius 2 is 2.14 bits per heavy atom. The Morgan fingerprint density at radius 1 is 1.36 bits per heavy atom. The van der Waals surface area contributed by atoms with Crippen molar-refractivity contribution >= 4 is 6.08 Å². The fourth-order valence-electron chi connectivity index (χ4n) is 1.06. The molecule has 1 aromatic carbocycles. The number of aliphatic imine (C=N–C) groups is 1. The Balaban J connectivity index is 2.49. The molecule has 0 heterocycles. The van der Waals surface area contributed by atoms with E-state index in [1.807, 2.05) is 18.2 Å². The highest BCUT2D eigenvalue weighted by Crippen LogP contribution is 2.15. The van der Waals surface area contributed by atoms with Crippen LogP contribution in [-0.2, 0) is 11.2 Å². The smallest absolute Gasteiger partial charge is 0.235 e. The molecule has 0 aromatic heterocycles. The summed E-state index contributed by atoms with van der Waals surface area (Å²) < 4.78 is 0. The molecule has 3 heteroatoms. The van der Waals surface area contributed by atoms with Gasteiger partial charge in [-0.05, 0) is 18.1 Å². The zero-order valence-corrected chi connectivity index (χ0v) is 7.68. The molecule has 0 aliphatic heterocycles. The van der Waals surface area contributed by atoms with E-state index in [9.17, 15) is 9.90 Å². The van der Waals surface area contributed by atoms with Crippen LogP contribution < -0.4 is 0 Å². The lowest BCUT2D eigenvalue weighted by atomic mass is 10.1. The third-order valence-electron chi connectivity index (χ3n) is 1.76. The van der Waals surface area contributed by atoms with Crippen LogP contribution in [0.4, 0.5) is 0 Å². The van der Waals surface area contributed by atoms with E-state index in [1.54, 1.807) is 18.2 Å². The third-order valence-corrected chi connectivity index (χ3v) is 1.76. The molecular weight excluding hydrogens is 178 g/mol. The Hall–Kier alpha value is -1.86. The van der Waals surface area contributed by atoms with Crippen LogP contribution in [0.1, 0.15) is 5.56 Å².